The second-order valence-corrected chi connectivity index (χ2v) is 11.2. The van der Waals surface area contributed by atoms with Gasteiger partial charge in [-0.2, -0.15) is 0 Å². The fourth-order valence-corrected chi connectivity index (χ4v) is 5.45. The Hall–Kier alpha value is -3.85. The Morgan fingerprint density at radius 1 is 0.872 bits per heavy atom. The summed E-state index contributed by atoms with van der Waals surface area (Å²) in [4.78, 5) is 28.1. The quantitative estimate of drug-likeness (QED) is 0.359. The van der Waals surface area contributed by atoms with Gasteiger partial charge in [0.1, 0.15) is 18.3 Å². The van der Waals surface area contributed by atoms with Crippen LogP contribution in [-0.4, -0.2) is 50.9 Å². The predicted molar refractivity (Wildman–Crippen MR) is 153 cm³/mol. The Kier molecular flexibility index (Phi) is 10.1. The van der Waals surface area contributed by atoms with Crippen LogP contribution in [0.3, 0.4) is 0 Å². The molecule has 0 saturated carbocycles. The predicted octanol–water partition coefficient (Wildman–Crippen LogP) is 4.45. The van der Waals surface area contributed by atoms with Gasteiger partial charge in [0.25, 0.3) is 10.0 Å². The van der Waals surface area contributed by atoms with E-state index in [1.54, 1.807) is 50.2 Å². The molecule has 208 valence electrons. The van der Waals surface area contributed by atoms with E-state index in [1.165, 1.54) is 17.0 Å². The zero-order valence-electron chi connectivity index (χ0n) is 23.2. The van der Waals surface area contributed by atoms with Crippen LogP contribution < -0.4 is 14.4 Å². The van der Waals surface area contributed by atoms with Crippen molar-refractivity contribution in [1.82, 2.24) is 10.2 Å². The van der Waals surface area contributed by atoms with Crippen LogP contribution in [0.15, 0.2) is 77.7 Å². The molecule has 0 aliphatic heterocycles. The van der Waals surface area contributed by atoms with Gasteiger partial charge in [0.05, 0.1) is 17.2 Å². The summed E-state index contributed by atoms with van der Waals surface area (Å²) >= 11 is 0. The minimum Gasteiger partial charge on any atom is -0.494 e. The highest BCUT2D eigenvalue weighted by molar-refractivity contribution is 7.92. The van der Waals surface area contributed by atoms with Crippen molar-refractivity contribution in [1.29, 1.82) is 0 Å². The number of hydrogen-bond acceptors (Lipinski definition) is 5. The van der Waals surface area contributed by atoms with Crippen molar-refractivity contribution in [2.24, 2.45) is 0 Å². The average molecular weight is 552 g/mol. The molecular formula is C30H37N3O5S. The Morgan fingerprint density at radius 2 is 1.44 bits per heavy atom. The Labute approximate surface area is 231 Å². The number of carbonyl (C=O) groups is 2. The Balaban J connectivity index is 2.00. The number of nitrogens with zero attached hydrogens (tertiary/aromatic N) is 2. The van der Waals surface area contributed by atoms with Crippen molar-refractivity contribution in [3.05, 3.63) is 89.5 Å². The lowest BCUT2D eigenvalue weighted by Gasteiger charge is -2.32. The molecule has 39 heavy (non-hydrogen) atoms. The van der Waals surface area contributed by atoms with Crippen LogP contribution in [0, 0.1) is 13.8 Å². The molecule has 0 unspecified atom stereocenters. The van der Waals surface area contributed by atoms with Crippen LogP contribution in [-0.2, 0) is 26.2 Å². The summed E-state index contributed by atoms with van der Waals surface area (Å²) in [5.74, 6) is -0.256. The molecule has 0 aliphatic carbocycles. The number of amides is 2. The number of sulfonamides is 1. The lowest BCUT2D eigenvalue weighted by Crippen LogP contribution is -2.51. The molecule has 0 bridgehead atoms. The molecule has 3 aromatic carbocycles. The summed E-state index contributed by atoms with van der Waals surface area (Å²) in [7, 11) is -4.13. The topological polar surface area (TPSA) is 96.0 Å². The normalized spacial score (nSPS) is 11.9. The van der Waals surface area contributed by atoms with Gasteiger partial charge < -0.3 is 15.0 Å². The second-order valence-electron chi connectivity index (χ2n) is 9.33. The number of nitrogens with one attached hydrogen (secondary N) is 1. The van der Waals surface area contributed by atoms with E-state index in [0.29, 0.717) is 24.6 Å². The second kappa shape index (κ2) is 13.3. The van der Waals surface area contributed by atoms with Crippen molar-refractivity contribution < 1.29 is 22.7 Å². The van der Waals surface area contributed by atoms with E-state index in [-0.39, 0.29) is 17.3 Å². The average Bonchev–Trinajstić information content (AvgIpc) is 2.92. The van der Waals surface area contributed by atoms with Crippen LogP contribution >= 0.6 is 0 Å². The summed E-state index contributed by atoms with van der Waals surface area (Å²) in [6.07, 6.45) is 0. The van der Waals surface area contributed by atoms with Crippen LogP contribution in [0.2, 0.25) is 0 Å². The van der Waals surface area contributed by atoms with E-state index in [1.807, 2.05) is 45.0 Å². The molecule has 0 aromatic heterocycles. The fourth-order valence-electron chi connectivity index (χ4n) is 4.04. The highest BCUT2D eigenvalue weighted by Crippen LogP contribution is 2.26. The zero-order valence-corrected chi connectivity index (χ0v) is 24.0. The summed E-state index contributed by atoms with van der Waals surface area (Å²) in [6.45, 7) is 9.71. The van der Waals surface area contributed by atoms with Gasteiger partial charge in [-0.05, 0) is 76.6 Å². The number of hydrogen-bond donors (Lipinski definition) is 1. The molecule has 3 aromatic rings. The van der Waals surface area contributed by atoms with Crippen molar-refractivity contribution in [2.45, 2.75) is 52.1 Å². The Bertz CT molecular complexity index is 1360. The standard InChI is InChI=1S/C30H37N3O5S/c1-6-31-30(35)24(5)32(20-25-12-8-22(3)9-13-25)29(34)21-33(26-14-10-23(4)11-15-26)39(36,37)28-18-16-27(17-19-28)38-7-2/h8-19,24H,6-7,20-21H2,1-5H3,(H,31,35)/t24-/m0/s1. The van der Waals surface area contributed by atoms with Crippen LogP contribution in [0.4, 0.5) is 5.69 Å². The lowest BCUT2D eigenvalue weighted by atomic mass is 10.1. The van der Waals surface area contributed by atoms with E-state index < -0.39 is 28.5 Å². The number of aryl methyl sites for hydroxylation is 2. The highest BCUT2D eigenvalue weighted by Gasteiger charge is 2.32. The Morgan fingerprint density at radius 3 is 1.97 bits per heavy atom. The zero-order chi connectivity index (χ0) is 28.6. The highest BCUT2D eigenvalue weighted by atomic mass is 32.2. The van der Waals surface area contributed by atoms with Gasteiger partial charge in [-0.25, -0.2) is 8.42 Å². The first-order valence-corrected chi connectivity index (χ1v) is 14.5. The van der Waals surface area contributed by atoms with Gasteiger partial charge in [0.15, 0.2) is 0 Å². The third kappa shape index (κ3) is 7.60. The van der Waals surface area contributed by atoms with Gasteiger partial charge in [-0.1, -0.05) is 47.5 Å². The number of ether oxygens (including phenoxy) is 1. The van der Waals surface area contributed by atoms with E-state index in [9.17, 15) is 18.0 Å². The molecule has 0 saturated heterocycles. The number of anilines is 1. The minimum absolute atomic E-state index is 0.0289. The number of benzene rings is 3. The van der Waals surface area contributed by atoms with Crippen molar-refractivity contribution in [2.75, 3.05) is 24.0 Å². The molecule has 1 atom stereocenters. The molecule has 1 N–H and O–H groups in total. The van der Waals surface area contributed by atoms with Gasteiger partial charge in [0, 0.05) is 13.1 Å². The first-order valence-electron chi connectivity index (χ1n) is 13.0. The summed E-state index contributed by atoms with van der Waals surface area (Å²) in [6, 6.07) is 19.9. The number of rotatable bonds is 12. The smallest absolute Gasteiger partial charge is 0.264 e. The fraction of sp³-hybridized carbons (Fsp3) is 0.333. The monoisotopic (exact) mass is 551 g/mol. The molecule has 0 heterocycles. The van der Waals surface area contributed by atoms with Crippen molar-refractivity contribution in [3.8, 4) is 5.75 Å². The van der Waals surface area contributed by atoms with E-state index in [4.69, 9.17) is 4.74 Å². The maximum Gasteiger partial charge on any atom is 0.264 e. The summed E-state index contributed by atoms with van der Waals surface area (Å²) < 4.78 is 34.3. The first kappa shape index (κ1) is 29.7. The van der Waals surface area contributed by atoms with Gasteiger partial charge in [-0.15, -0.1) is 0 Å². The summed E-state index contributed by atoms with van der Waals surface area (Å²) in [5, 5.41) is 2.76. The van der Waals surface area contributed by atoms with Crippen LogP contribution in [0.5, 0.6) is 5.75 Å². The van der Waals surface area contributed by atoms with Crippen molar-refractivity contribution >= 4 is 27.5 Å². The van der Waals surface area contributed by atoms with Crippen LogP contribution in [0.1, 0.15) is 37.5 Å². The third-order valence-electron chi connectivity index (χ3n) is 6.32. The SMILES string of the molecule is CCNC(=O)[C@H](C)N(Cc1ccc(C)cc1)C(=O)CN(c1ccc(C)cc1)S(=O)(=O)c1ccc(OCC)cc1. The van der Waals surface area contributed by atoms with Gasteiger partial charge in [-0.3, -0.25) is 13.9 Å². The number of carbonyl (C=O) groups excluding carboxylic acids is 2. The maximum absolute atomic E-state index is 13.9. The summed E-state index contributed by atoms with van der Waals surface area (Å²) in [5.41, 5.74) is 3.21. The molecular weight excluding hydrogens is 514 g/mol. The molecule has 0 fully saturated rings. The molecule has 0 radical (unpaired) electrons. The maximum atomic E-state index is 13.9. The third-order valence-corrected chi connectivity index (χ3v) is 8.10. The number of likely N-dealkylation sites (N-methyl/N-ethyl adjacent to an activating group) is 1. The van der Waals surface area contributed by atoms with Crippen LogP contribution in [0.25, 0.3) is 0 Å². The molecule has 0 spiro atoms. The van der Waals surface area contributed by atoms with E-state index >= 15 is 0 Å². The van der Waals surface area contributed by atoms with Gasteiger partial charge >= 0.3 is 0 Å². The molecule has 9 heteroatoms. The largest absolute Gasteiger partial charge is 0.494 e. The van der Waals surface area contributed by atoms with Gasteiger partial charge in [0.2, 0.25) is 11.8 Å². The van der Waals surface area contributed by atoms with Crippen molar-refractivity contribution in [3.63, 3.8) is 0 Å². The molecule has 0 aliphatic rings. The van der Waals surface area contributed by atoms with E-state index in [2.05, 4.69) is 5.32 Å². The molecule has 8 nitrogen and oxygen atoms in total. The first-order chi connectivity index (χ1) is 18.6. The minimum atomic E-state index is -4.13. The lowest BCUT2D eigenvalue weighted by molar-refractivity contribution is -0.139. The molecule has 2 amide bonds. The van der Waals surface area contributed by atoms with E-state index in [0.717, 1.165) is 21.0 Å². The molecule has 3 rings (SSSR count).